The maximum atomic E-state index is 12.4. The van der Waals surface area contributed by atoms with Crippen molar-refractivity contribution in [1.29, 1.82) is 0 Å². The Labute approximate surface area is 199 Å². The van der Waals surface area contributed by atoms with E-state index in [-0.39, 0.29) is 11.2 Å². The van der Waals surface area contributed by atoms with Crippen LogP contribution in [0.2, 0.25) is 0 Å². The van der Waals surface area contributed by atoms with Gasteiger partial charge < -0.3 is 9.74 Å². The fraction of sp³-hybridized carbons (Fsp3) is 0.500. The van der Waals surface area contributed by atoms with Gasteiger partial charge in [0.25, 0.3) is 0 Å². The number of piperidine rings is 1. The zero-order valence-electron chi connectivity index (χ0n) is 20.0. The number of oxime groups is 1. The molecule has 0 unspecified atom stereocenters. The number of hydrogen-bond donors (Lipinski definition) is 0. The summed E-state index contributed by atoms with van der Waals surface area (Å²) in [6, 6.07) is 6.35. The van der Waals surface area contributed by atoms with Gasteiger partial charge in [-0.05, 0) is 56.7 Å². The Hall–Kier alpha value is -3.29. The van der Waals surface area contributed by atoms with E-state index in [1.807, 2.05) is 31.5 Å². The molecule has 8 nitrogen and oxygen atoms in total. The first kappa shape index (κ1) is 21.3. The molecule has 1 fully saturated rings. The Bertz CT molecular complexity index is 1320. The fourth-order valence-corrected chi connectivity index (χ4v) is 5.81. The second-order valence-electron chi connectivity index (χ2n) is 10.7. The first-order valence-corrected chi connectivity index (χ1v) is 12.1. The normalized spacial score (nSPS) is 21.0. The predicted octanol–water partition coefficient (Wildman–Crippen LogP) is 3.50. The van der Waals surface area contributed by atoms with Crippen LogP contribution in [0.15, 0.2) is 35.7 Å². The molecule has 3 aliphatic rings. The van der Waals surface area contributed by atoms with Gasteiger partial charge in [0.15, 0.2) is 17.3 Å². The molecule has 0 amide bonds. The Kier molecular flexibility index (Phi) is 4.76. The number of nitrogens with zero attached hydrogens (tertiary/aromatic N) is 6. The molecule has 2 aliphatic heterocycles. The number of rotatable bonds is 3. The standard InChI is InChI=1S/C26H30N6O2/c1-17-15-26(16-34-30-17)6-9-31(10-7-26)23-24-28-22(29-32(24)11-8-27-23)13-18-4-5-20-19(12-18)14-21(33)25(20,2)3/h4-5,8,11-12H,6-7,9-10,13-16H2,1-3H3. The van der Waals surface area contributed by atoms with Crippen LogP contribution in [0.1, 0.15) is 62.5 Å². The smallest absolute Gasteiger partial charge is 0.198 e. The maximum Gasteiger partial charge on any atom is 0.198 e. The lowest BCUT2D eigenvalue weighted by Gasteiger charge is -2.42. The van der Waals surface area contributed by atoms with Crippen molar-refractivity contribution in [3.8, 4) is 0 Å². The first-order valence-electron chi connectivity index (χ1n) is 12.1. The SMILES string of the molecule is CC1=NOCC2(CCN(c3nccn4nc(Cc5ccc6c(c5)CC(=O)C6(C)C)nc34)CC2)C1. The maximum absolute atomic E-state index is 12.4. The van der Waals surface area contributed by atoms with Gasteiger partial charge in [-0.3, -0.25) is 4.79 Å². The number of hydrogen-bond acceptors (Lipinski definition) is 7. The Balaban J connectivity index is 1.22. The van der Waals surface area contributed by atoms with E-state index in [1.165, 1.54) is 0 Å². The Morgan fingerprint density at radius 1 is 1.18 bits per heavy atom. The van der Waals surface area contributed by atoms with Crippen LogP contribution >= 0.6 is 0 Å². The largest absolute Gasteiger partial charge is 0.395 e. The average Bonchev–Trinajstić information content (AvgIpc) is 3.31. The fourth-order valence-electron chi connectivity index (χ4n) is 5.81. The van der Waals surface area contributed by atoms with Crippen molar-refractivity contribution < 1.29 is 9.63 Å². The third-order valence-electron chi connectivity index (χ3n) is 7.88. The summed E-state index contributed by atoms with van der Waals surface area (Å²) in [5, 5.41) is 8.85. The van der Waals surface area contributed by atoms with Gasteiger partial charge in [-0.2, -0.15) is 5.10 Å². The molecule has 1 saturated heterocycles. The van der Waals surface area contributed by atoms with Gasteiger partial charge in [-0.1, -0.05) is 23.4 Å². The van der Waals surface area contributed by atoms with Gasteiger partial charge in [0.2, 0.25) is 0 Å². The molecule has 1 spiro atoms. The molecule has 3 aromatic rings. The zero-order valence-corrected chi connectivity index (χ0v) is 20.0. The van der Waals surface area contributed by atoms with E-state index in [2.05, 4.69) is 33.2 Å². The molecule has 176 valence electrons. The molecule has 1 aromatic carbocycles. The molecular weight excluding hydrogens is 428 g/mol. The summed E-state index contributed by atoms with van der Waals surface area (Å²) in [4.78, 5) is 29.8. The van der Waals surface area contributed by atoms with Crippen molar-refractivity contribution in [3.05, 3.63) is 53.1 Å². The molecule has 1 aliphatic carbocycles. The lowest BCUT2D eigenvalue weighted by atomic mass is 9.75. The summed E-state index contributed by atoms with van der Waals surface area (Å²) in [5.74, 6) is 1.94. The number of carbonyl (C=O) groups is 1. The number of benzene rings is 1. The second kappa shape index (κ2) is 7.61. The van der Waals surface area contributed by atoms with Crippen molar-refractivity contribution in [1.82, 2.24) is 19.6 Å². The predicted molar refractivity (Wildman–Crippen MR) is 129 cm³/mol. The summed E-state index contributed by atoms with van der Waals surface area (Å²) >= 11 is 0. The summed E-state index contributed by atoms with van der Waals surface area (Å²) in [5.41, 5.74) is 5.08. The Morgan fingerprint density at radius 2 is 2.00 bits per heavy atom. The van der Waals surface area contributed by atoms with E-state index in [9.17, 15) is 4.79 Å². The van der Waals surface area contributed by atoms with Crippen molar-refractivity contribution in [2.75, 3.05) is 24.6 Å². The molecule has 0 saturated carbocycles. The van der Waals surface area contributed by atoms with Gasteiger partial charge in [0.1, 0.15) is 12.4 Å². The zero-order chi connectivity index (χ0) is 23.5. The molecule has 2 aromatic heterocycles. The van der Waals surface area contributed by atoms with Gasteiger partial charge in [-0.15, -0.1) is 0 Å². The number of Topliss-reactive ketones (excluding diaryl/α,β-unsaturated/α-hetero) is 1. The number of anilines is 1. The highest BCUT2D eigenvalue weighted by molar-refractivity contribution is 5.95. The first-order chi connectivity index (χ1) is 16.3. The summed E-state index contributed by atoms with van der Waals surface area (Å²) in [6.45, 7) is 8.61. The number of fused-ring (bicyclic) bond motifs is 2. The minimum Gasteiger partial charge on any atom is -0.395 e. The average molecular weight is 459 g/mol. The Morgan fingerprint density at radius 3 is 2.79 bits per heavy atom. The van der Waals surface area contributed by atoms with E-state index in [4.69, 9.17) is 14.9 Å². The number of aromatic nitrogens is 4. The van der Waals surface area contributed by atoms with Gasteiger partial charge in [0.05, 0.1) is 5.71 Å². The summed E-state index contributed by atoms with van der Waals surface area (Å²) in [7, 11) is 0. The van der Waals surface area contributed by atoms with Crippen molar-refractivity contribution in [2.24, 2.45) is 10.6 Å². The monoisotopic (exact) mass is 458 g/mol. The van der Waals surface area contributed by atoms with Crippen molar-refractivity contribution in [2.45, 2.75) is 58.3 Å². The lowest BCUT2D eigenvalue weighted by Crippen LogP contribution is -2.45. The summed E-state index contributed by atoms with van der Waals surface area (Å²) in [6.07, 6.45) is 7.91. The van der Waals surface area contributed by atoms with Crippen LogP contribution in [0, 0.1) is 5.41 Å². The molecule has 0 atom stereocenters. The lowest BCUT2D eigenvalue weighted by molar-refractivity contribution is -0.121. The van der Waals surface area contributed by atoms with Crippen molar-refractivity contribution >= 4 is 23.0 Å². The van der Waals surface area contributed by atoms with Crippen LogP contribution in [0.4, 0.5) is 5.82 Å². The van der Waals surface area contributed by atoms with E-state index < -0.39 is 5.41 Å². The molecule has 8 heteroatoms. The highest BCUT2D eigenvalue weighted by Gasteiger charge is 2.39. The minimum absolute atomic E-state index is 0.190. The third kappa shape index (κ3) is 3.47. The van der Waals surface area contributed by atoms with Gasteiger partial charge in [-0.25, -0.2) is 14.5 Å². The molecule has 4 heterocycles. The third-order valence-corrected chi connectivity index (χ3v) is 7.88. The molecule has 0 radical (unpaired) electrons. The molecular formula is C26H30N6O2. The highest BCUT2D eigenvalue weighted by Crippen LogP contribution is 2.39. The van der Waals surface area contributed by atoms with E-state index >= 15 is 0 Å². The van der Waals surface area contributed by atoms with Crippen LogP contribution in [-0.4, -0.2) is 50.8 Å². The molecule has 34 heavy (non-hydrogen) atoms. The second-order valence-corrected chi connectivity index (χ2v) is 10.7. The van der Waals surface area contributed by atoms with Crippen LogP contribution in [-0.2, 0) is 27.9 Å². The van der Waals surface area contributed by atoms with Crippen LogP contribution < -0.4 is 4.90 Å². The quantitative estimate of drug-likeness (QED) is 0.597. The van der Waals surface area contributed by atoms with Crippen molar-refractivity contribution in [3.63, 3.8) is 0 Å². The molecule has 6 rings (SSSR count). The van der Waals surface area contributed by atoms with E-state index in [1.54, 1.807) is 6.20 Å². The van der Waals surface area contributed by atoms with Gasteiger partial charge in [0, 0.05) is 49.2 Å². The summed E-state index contributed by atoms with van der Waals surface area (Å²) < 4.78 is 1.84. The van der Waals surface area contributed by atoms with Crippen LogP contribution in [0.5, 0.6) is 0 Å². The van der Waals surface area contributed by atoms with Crippen LogP contribution in [0.3, 0.4) is 0 Å². The van der Waals surface area contributed by atoms with Gasteiger partial charge >= 0.3 is 0 Å². The topological polar surface area (TPSA) is 85.0 Å². The number of carbonyl (C=O) groups excluding carboxylic acids is 1. The number of ketones is 1. The highest BCUT2D eigenvalue weighted by atomic mass is 16.6. The van der Waals surface area contributed by atoms with Crippen LogP contribution in [0.25, 0.3) is 5.65 Å². The van der Waals surface area contributed by atoms with E-state index in [0.29, 0.717) is 19.4 Å². The molecule has 0 bridgehead atoms. The molecule has 0 N–H and O–H groups in total. The van der Waals surface area contributed by atoms with E-state index in [0.717, 1.165) is 72.0 Å². The minimum atomic E-state index is -0.391.